The first-order chi connectivity index (χ1) is 10.0. The van der Waals surface area contributed by atoms with E-state index in [0.717, 1.165) is 0 Å². The number of carbonyl (C=O) groups is 1. The molecular formula is C14H15ClN2O3S. The zero-order valence-corrected chi connectivity index (χ0v) is 13.3. The average Bonchev–Trinajstić information content (AvgIpc) is 2.81. The maximum Gasteiger partial charge on any atom is 0.341 e. The van der Waals surface area contributed by atoms with Crippen molar-refractivity contribution in [2.45, 2.75) is 17.6 Å². The molecule has 1 heterocycles. The minimum atomic E-state index is -1.37. The summed E-state index contributed by atoms with van der Waals surface area (Å²) < 4.78 is 19.0. The van der Waals surface area contributed by atoms with E-state index in [1.807, 2.05) is 0 Å². The van der Waals surface area contributed by atoms with Crippen LogP contribution in [0.25, 0.3) is 0 Å². The molecule has 0 bridgehead atoms. The number of aromatic nitrogens is 2. The molecule has 1 atom stereocenters. The smallest absolute Gasteiger partial charge is 0.341 e. The second kappa shape index (κ2) is 6.87. The van der Waals surface area contributed by atoms with Gasteiger partial charge in [-0.05, 0) is 19.1 Å². The molecule has 0 aliphatic heterocycles. The van der Waals surface area contributed by atoms with Gasteiger partial charge in [-0.1, -0.05) is 23.7 Å². The van der Waals surface area contributed by atoms with Crippen molar-refractivity contribution in [2.24, 2.45) is 7.05 Å². The first kappa shape index (κ1) is 15.7. The Balaban J connectivity index is 2.28. The monoisotopic (exact) mass is 326 g/mol. The minimum absolute atomic E-state index is 0.147. The third-order valence-electron chi connectivity index (χ3n) is 2.91. The fourth-order valence-corrected chi connectivity index (χ4v) is 3.50. The first-order valence-electron chi connectivity index (χ1n) is 6.35. The summed E-state index contributed by atoms with van der Waals surface area (Å²) in [7, 11) is 0.330. The van der Waals surface area contributed by atoms with Crippen molar-refractivity contribution in [3.05, 3.63) is 46.7 Å². The Bertz CT molecular complexity index is 685. The Morgan fingerprint density at radius 2 is 2.14 bits per heavy atom. The standard InChI is InChI=1S/C14H15ClN2O3S/c1-3-20-14(18)10-8-16-17(2)12(10)9-21(19)13-7-5-4-6-11(13)15/h4-8H,3,9H2,1-2H3. The minimum Gasteiger partial charge on any atom is -0.462 e. The molecular weight excluding hydrogens is 312 g/mol. The number of aryl methyl sites for hydroxylation is 1. The van der Waals surface area contributed by atoms with Crippen LogP contribution in [0.2, 0.25) is 5.02 Å². The van der Waals surface area contributed by atoms with Gasteiger partial charge in [0, 0.05) is 7.05 Å². The van der Waals surface area contributed by atoms with Gasteiger partial charge in [0.15, 0.2) is 0 Å². The van der Waals surface area contributed by atoms with Crippen molar-refractivity contribution in [1.82, 2.24) is 9.78 Å². The molecule has 7 heteroatoms. The van der Waals surface area contributed by atoms with Gasteiger partial charge in [-0.3, -0.25) is 8.89 Å². The highest BCUT2D eigenvalue weighted by Gasteiger charge is 2.20. The number of nitrogens with zero attached hydrogens (tertiary/aromatic N) is 2. The van der Waals surface area contributed by atoms with Crippen molar-refractivity contribution in [1.29, 1.82) is 0 Å². The molecule has 5 nitrogen and oxygen atoms in total. The van der Waals surface area contributed by atoms with Crippen LogP contribution in [0.3, 0.4) is 0 Å². The normalized spacial score (nSPS) is 12.1. The number of halogens is 1. The molecule has 1 unspecified atom stereocenters. The van der Waals surface area contributed by atoms with E-state index in [9.17, 15) is 9.00 Å². The van der Waals surface area contributed by atoms with Gasteiger partial charge in [-0.15, -0.1) is 0 Å². The van der Waals surface area contributed by atoms with E-state index in [2.05, 4.69) is 5.10 Å². The van der Waals surface area contributed by atoms with Crippen LogP contribution >= 0.6 is 11.6 Å². The molecule has 0 saturated heterocycles. The van der Waals surface area contributed by atoms with Gasteiger partial charge in [-0.25, -0.2) is 4.79 Å². The highest BCUT2D eigenvalue weighted by Crippen LogP contribution is 2.22. The number of benzene rings is 1. The van der Waals surface area contributed by atoms with Crippen molar-refractivity contribution in [2.75, 3.05) is 6.61 Å². The quantitative estimate of drug-likeness (QED) is 0.792. The predicted octanol–water partition coefficient (Wildman–Crippen LogP) is 2.56. The molecule has 0 N–H and O–H groups in total. The molecule has 0 fully saturated rings. The highest BCUT2D eigenvalue weighted by molar-refractivity contribution is 7.84. The van der Waals surface area contributed by atoms with Gasteiger partial charge < -0.3 is 4.74 Å². The highest BCUT2D eigenvalue weighted by atomic mass is 35.5. The summed E-state index contributed by atoms with van der Waals surface area (Å²) in [5, 5.41) is 4.48. The molecule has 1 aromatic carbocycles. The van der Waals surface area contributed by atoms with Gasteiger partial charge in [0.05, 0.1) is 45.0 Å². The van der Waals surface area contributed by atoms with Crippen molar-refractivity contribution < 1.29 is 13.7 Å². The summed E-state index contributed by atoms with van der Waals surface area (Å²) in [6.45, 7) is 2.01. The molecule has 1 aromatic heterocycles. The van der Waals surface area contributed by atoms with Crippen LogP contribution in [0.5, 0.6) is 0 Å². The first-order valence-corrected chi connectivity index (χ1v) is 8.05. The summed E-state index contributed by atoms with van der Waals surface area (Å²) in [6.07, 6.45) is 1.43. The fraction of sp³-hybridized carbons (Fsp3) is 0.286. The lowest BCUT2D eigenvalue weighted by Gasteiger charge is -2.07. The van der Waals surface area contributed by atoms with Gasteiger partial charge in [0.2, 0.25) is 0 Å². The number of esters is 1. The molecule has 21 heavy (non-hydrogen) atoms. The Morgan fingerprint density at radius 3 is 2.81 bits per heavy atom. The van der Waals surface area contributed by atoms with Crippen LogP contribution in [0.15, 0.2) is 35.4 Å². The van der Waals surface area contributed by atoms with Crippen LogP contribution in [0.4, 0.5) is 0 Å². The van der Waals surface area contributed by atoms with Crippen LogP contribution in [0, 0.1) is 0 Å². The summed E-state index contributed by atoms with van der Waals surface area (Å²) in [5.74, 6) is -0.314. The third-order valence-corrected chi connectivity index (χ3v) is 4.73. The van der Waals surface area contributed by atoms with Gasteiger partial charge in [0.1, 0.15) is 5.56 Å². The number of hydrogen-bond acceptors (Lipinski definition) is 4. The fourth-order valence-electron chi connectivity index (χ4n) is 1.84. The van der Waals surface area contributed by atoms with E-state index < -0.39 is 16.8 Å². The largest absolute Gasteiger partial charge is 0.462 e. The molecule has 112 valence electrons. The second-order valence-corrected chi connectivity index (χ2v) is 6.10. The van der Waals surface area contributed by atoms with Crippen LogP contribution < -0.4 is 0 Å². The average molecular weight is 327 g/mol. The summed E-state index contributed by atoms with van der Waals surface area (Å²) in [5.41, 5.74) is 0.895. The zero-order valence-electron chi connectivity index (χ0n) is 11.7. The number of rotatable bonds is 5. The Labute approximate surface area is 130 Å². The molecule has 0 amide bonds. The predicted molar refractivity (Wildman–Crippen MR) is 80.7 cm³/mol. The van der Waals surface area contributed by atoms with Crippen LogP contribution in [-0.4, -0.2) is 26.6 Å². The Hall–Kier alpha value is -1.66. The van der Waals surface area contributed by atoms with Gasteiger partial charge >= 0.3 is 5.97 Å². The molecule has 0 aliphatic rings. The number of carbonyl (C=O) groups excluding carboxylic acids is 1. The van der Waals surface area contributed by atoms with E-state index in [1.54, 1.807) is 38.2 Å². The molecule has 2 rings (SSSR count). The lowest BCUT2D eigenvalue weighted by molar-refractivity contribution is 0.0525. The maximum atomic E-state index is 12.5. The van der Waals surface area contributed by atoms with Crippen LogP contribution in [0.1, 0.15) is 23.0 Å². The number of hydrogen-bond donors (Lipinski definition) is 0. The molecule has 0 radical (unpaired) electrons. The summed E-state index contributed by atoms with van der Waals surface area (Å²) in [6, 6.07) is 6.94. The zero-order chi connectivity index (χ0) is 15.4. The molecule has 0 spiro atoms. The van der Waals surface area contributed by atoms with E-state index >= 15 is 0 Å². The SMILES string of the molecule is CCOC(=O)c1cnn(C)c1CS(=O)c1ccccc1Cl. The lowest BCUT2D eigenvalue weighted by atomic mass is 10.3. The van der Waals surface area contributed by atoms with E-state index in [1.165, 1.54) is 10.9 Å². The van der Waals surface area contributed by atoms with Crippen molar-refractivity contribution >= 4 is 28.4 Å². The number of ether oxygens (including phenoxy) is 1. The lowest BCUT2D eigenvalue weighted by Crippen LogP contribution is -2.11. The third kappa shape index (κ3) is 3.51. The second-order valence-electron chi connectivity index (χ2n) is 4.27. The Morgan fingerprint density at radius 1 is 1.43 bits per heavy atom. The topological polar surface area (TPSA) is 61.2 Å². The van der Waals surface area contributed by atoms with Crippen molar-refractivity contribution in [3.63, 3.8) is 0 Å². The maximum absolute atomic E-state index is 12.5. The molecule has 0 saturated carbocycles. The van der Waals surface area contributed by atoms with Gasteiger partial charge in [-0.2, -0.15) is 5.10 Å². The van der Waals surface area contributed by atoms with E-state index in [-0.39, 0.29) is 12.4 Å². The van der Waals surface area contributed by atoms with Gasteiger partial charge in [0.25, 0.3) is 0 Å². The summed E-state index contributed by atoms with van der Waals surface area (Å²) >= 11 is 6.04. The van der Waals surface area contributed by atoms with Crippen molar-refractivity contribution in [3.8, 4) is 0 Å². The van der Waals surface area contributed by atoms with E-state index in [0.29, 0.717) is 21.2 Å². The van der Waals surface area contributed by atoms with E-state index in [4.69, 9.17) is 16.3 Å². The van der Waals surface area contributed by atoms with Crippen LogP contribution in [-0.2, 0) is 28.3 Å². The Kier molecular flexibility index (Phi) is 5.14. The molecule has 0 aliphatic carbocycles. The summed E-state index contributed by atoms with van der Waals surface area (Å²) in [4.78, 5) is 12.4. The molecule has 2 aromatic rings.